The van der Waals surface area contributed by atoms with Gasteiger partial charge in [-0.1, -0.05) is 64.5 Å². The minimum atomic E-state index is -0.920. The number of hydrogen-bond acceptors (Lipinski definition) is 3. The van der Waals surface area contributed by atoms with Crippen LogP contribution in [0.4, 0.5) is 5.69 Å². The van der Waals surface area contributed by atoms with Crippen molar-refractivity contribution in [2.45, 2.75) is 13.0 Å². The zero-order valence-corrected chi connectivity index (χ0v) is 19.4. The fraction of sp³-hybridized carbons (Fsp3) is 0.160. The predicted octanol–water partition coefficient (Wildman–Crippen LogP) is 4.33. The Hall–Kier alpha value is -3.45. The first-order valence-electron chi connectivity index (χ1n) is 10.1. The molecular weight excluding hydrogens is 470 g/mol. The third-order valence-corrected chi connectivity index (χ3v) is 5.40. The maximum Gasteiger partial charge on any atom is 0.252 e. The van der Waals surface area contributed by atoms with E-state index in [2.05, 4.69) is 26.6 Å². The molecule has 0 saturated heterocycles. The van der Waals surface area contributed by atoms with Gasteiger partial charge in [0.25, 0.3) is 5.91 Å². The molecule has 164 valence electrons. The maximum absolute atomic E-state index is 13.2. The SMILES string of the molecule is Cc1cc(Br)ccc1NC(=O)CN(C)C(=O)C(NC(=O)c1ccccc1)c1ccccc1. The number of hydrogen-bond donors (Lipinski definition) is 2. The van der Waals surface area contributed by atoms with Crippen LogP contribution in [0.3, 0.4) is 0 Å². The largest absolute Gasteiger partial charge is 0.336 e. The predicted molar refractivity (Wildman–Crippen MR) is 128 cm³/mol. The molecule has 0 aliphatic heterocycles. The number of rotatable bonds is 7. The lowest BCUT2D eigenvalue weighted by Gasteiger charge is -2.25. The summed E-state index contributed by atoms with van der Waals surface area (Å²) >= 11 is 3.40. The first-order chi connectivity index (χ1) is 15.3. The van der Waals surface area contributed by atoms with Crippen LogP contribution in [0.5, 0.6) is 0 Å². The minimum absolute atomic E-state index is 0.154. The summed E-state index contributed by atoms with van der Waals surface area (Å²) in [6, 6.07) is 22.3. The molecule has 32 heavy (non-hydrogen) atoms. The Balaban J connectivity index is 1.73. The second-order valence-corrected chi connectivity index (χ2v) is 8.30. The second kappa shape index (κ2) is 10.7. The van der Waals surface area contributed by atoms with E-state index in [9.17, 15) is 14.4 Å². The van der Waals surface area contributed by atoms with Gasteiger partial charge in [-0.05, 0) is 48.4 Å². The Bertz CT molecular complexity index is 1100. The van der Waals surface area contributed by atoms with Crippen molar-refractivity contribution in [2.24, 2.45) is 0 Å². The molecule has 3 aromatic rings. The number of anilines is 1. The van der Waals surface area contributed by atoms with Crippen LogP contribution in [0.1, 0.15) is 27.5 Å². The van der Waals surface area contributed by atoms with Gasteiger partial charge in [-0.3, -0.25) is 14.4 Å². The van der Waals surface area contributed by atoms with Gasteiger partial charge in [0.1, 0.15) is 6.04 Å². The summed E-state index contributed by atoms with van der Waals surface area (Å²) < 4.78 is 0.917. The lowest BCUT2D eigenvalue weighted by Crippen LogP contribution is -2.44. The van der Waals surface area contributed by atoms with Gasteiger partial charge in [-0.2, -0.15) is 0 Å². The topological polar surface area (TPSA) is 78.5 Å². The number of likely N-dealkylation sites (N-methyl/N-ethyl adjacent to an activating group) is 1. The highest BCUT2D eigenvalue weighted by molar-refractivity contribution is 9.10. The van der Waals surface area contributed by atoms with Crippen LogP contribution in [0.15, 0.2) is 83.3 Å². The lowest BCUT2D eigenvalue weighted by molar-refractivity contribution is -0.135. The van der Waals surface area contributed by atoms with E-state index in [4.69, 9.17) is 0 Å². The van der Waals surface area contributed by atoms with E-state index in [1.807, 2.05) is 31.2 Å². The van der Waals surface area contributed by atoms with Crippen molar-refractivity contribution < 1.29 is 14.4 Å². The van der Waals surface area contributed by atoms with Crippen molar-refractivity contribution in [1.82, 2.24) is 10.2 Å². The molecule has 0 heterocycles. The molecule has 1 atom stereocenters. The van der Waals surface area contributed by atoms with Crippen LogP contribution in [-0.2, 0) is 9.59 Å². The molecule has 3 amide bonds. The second-order valence-electron chi connectivity index (χ2n) is 7.38. The molecule has 0 saturated carbocycles. The van der Waals surface area contributed by atoms with Gasteiger partial charge < -0.3 is 15.5 Å². The van der Waals surface area contributed by atoms with Crippen LogP contribution in [0, 0.1) is 6.92 Å². The summed E-state index contributed by atoms with van der Waals surface area (Å²) in [5, 5.41) is 5.63. The minimum Gasteiger partial charge on any atom is -0.336 e. The van der Waals surface area contributed by atoms with Crippen LogP contribution in [-0.4, -0.2) is 36.2 Å². The van der Waals surface area contributed by atoms with Crippen molar-refractivity contribution in [2.75, 3.05) is 18.9 Å². The molecule has 0 aromatic heterocycles. The first kappa shape index (κ1) is 23.2. The summed E-state index contributed by atoms with van der Waals surface area (Å²) in [7, 11) is 1.54. The highest BCUT2D eigenvalue weighted by Crippen LogP contribution is 2.20. The van der Waals surface area contributed by atoms with Crippen molar-refractivity contribution in [3.63, 3.8) is 0 Å². The number of carbonyl (C=O) groups is 3. The zero-order chi connectivity index (χ0) is 23.1. The van der Waals surface area contributed by atoms with Crippen molar-refractivity contribution >= 4 is 39.3 Å². The molecule has 0 radical (unpaired) electrons. The standard InChI is InChI=1S/C25H24BrN3O3/c1-17-15-20(26)13-14-21(17)27-22(30)16-29(2)25(32)23(18-9-5-3-6-10-18)28-24(31)19-11-7-4-8-12-19/h3-15,23H,16H2,1-2H3,(H,27,30)(H,28,31). The Labute approximate surface area is 195 Å². The van der Waals surface area contributed by atoms with Crippen LogP contribution in [0.25, 0.3) is 0 Å². The summed E-state index contributed by atoms with van der Waals surface area (Å²) in [4.78, 5) is 39.8. The number of amides is 3. The third-order valence-electron chi connectivity index (χ3n) is 4.91. The Morgan fingerprint density at radius 1 is 0.938 bits per heavy atom. The van der Waals surface area contributed by atoms with Crippen LogP contribution >= 0.6 is 15.9 Å². The molecule has 0 bridgehead atoms. The van der Waals surface area contributed by atoms with Crippen molar-refractivity contribution in [3.05, 3.63) is 100 Å². The number of nitrogens with zero attached hydrogens (tertiary/aromatic N) is 1. The molecule has 0 spiro atoms. The fourth-order valence-corrected chi connectivity index (χ4v) is 3.68. The van der Waals surface area contributed by atoms with E-state index in [1.54, 1.807) is 61.6 Å². The van der Waals surface area contributed by atoms with Crippen molar-refractivity contribution in [1.29, 1.82) is 0 Å². The maximum atomic E-state index is 13.2. The van der Waals surface area contributed by atoms with E-state index >= 15 is 0 Å². The molecule has 3 rings (SSSR count). The van der Waals surface area contributed by atoms with Crippen LogP contribution < -0.4 is 10.6 Å². The van der Waals surface area contributed by atoms with Crippen molar-refractivity contribution in [3.8, 4) is 0 Å². The fourth-order valence-electron chi connectivity index (χ4n) is 3.21. The monoisotopic (exact) mass is 493 g/mol. The molecule has 7 heteroatoms. The van der Waals surface area contributed by atoms with E-state index < -0.39 is 6.04 Å². The van der Waals surface area contributed by atoms with E-state index in [0.717, 1.165) is 10.0 Å². The summed E-state index contributed by atoms with van der Waals surface area (Å²) in [6.07, 6.45) is 0. The Kier molecular flexibility index (Phi) is 7.78. The summed E-state index contributed by atoms with van der Waals surface area (Å²) in [6.45, 7) is 1.73. The highest BCUT2D eigenvalue weighted by Gasteiger charge is 2.27. The number of halogens is 1. The van der Waals surface area contributed by atoms with E-state index in [0.29, 0.717) is 16.8 Å². The van der Waals surface area contributed by atoms with Gasteiger partial charge in [0, 0.05) is 22.8 Å². The molecular formula is C25H24BrN3O3. The zero-order valence-electron chi connectivity index (χ0n) is 17.8. The Morgan fingerprint density at radius 2 is 1.56 bits per heavy atom. The summed E-state index contributed by atoms with van der Waals surface area (Å²) in [5.41, 5.74) is 2.67. The smallest absolute Gasteiger partial charge is 0.252 e. The molecule has 2 N–H and O–H groups in total. The highest BCUT2D eigenvalue weighted by atomic mass is 79.9. The molecule has 6 nitrogen and oxygen atoms in total. The number of benzene rings is 3. The Morgan fingerprint density at radius 3 is 2.19 bits per heavy atom. The lowest BCUT2D eigenvalue weighted by atomic mass is 10.0. The van der Waals surface area contributed by atoms with Gasteiger partial charge in [0.15, 0.2) is 0 Å². The molecule has 0 fully saturated rings. The van der Waals surface area contributed by atoms with Crippen LogP contribution in [0.2, 0.25) is 0 Å². The quantitative estimate of drug-likeness (QED) is 0.514. The van der Waals surface area contributed by atoms with E-state index in [-0.39, 0.29) is 24.3 Å². The average Bonchev–Trinajstić information content (AvgIpc) is 2.80. The molecule has 0 aliphatic carbocycles. The van der Waals surface area contributed by atoms with Gasteiger partial charge in [-0.15, -0.1) is 0 Å². The number of carbonyl (C=O) groups excluding carboxylic acids is 3. The third kappa shape index (κ3) is 6.04. The number of aryl methyl sites for hydroxylation is 1. The number of nitrogens with one attached hydrogen (secondary N) is 2. The van der Waals surface area contributed by atoms with Gasteiger partial charge >= 0.3 is 0 Å². The van der Waals surface area contributed by atoms with E-state index in [1.165, 1.54) is 4.90 Å². The molecule has 0 aliphatic rings. The van der Waals surface area contributed by atoms with Gasteiger partial charge in [-0.25, -0.2) is 0 Å². The molecule has 3 aromatic carbocycles. The normalized spacial score (nSPS) is 11.3. The average molecular weight is 494 g/mol. The molecule has 1 unspecified atom stereocenters. The van der Waals surface area contributed by atoms with Gasteiger partial charge in [0.05, 0.1) is 6.54 Å². The van der Waals surface area contributed by atoms with Gasteiger partial charge in [0.2, 0.25) is 11.8 Å². The first-order valence-corrected chi connectivity index (χ1v) is 10.9. The summed E-state index contributed by atoms with van der Waals surface area (Å²) in [5.74, 6) is -1.08.